The Morgan fingerprint density at radius 1 is 1.40 bits per heavy atom. The molecular weight excluding hydrogens is 206 g/mol. The maximum absolute atomic E-state index is 11.4. The molecule has 2 nitrogen and oxygen atoms in total. The van der Waals surface area contributed by atoms with Crippen LogP contribution in [0, 0.1) is 0 Å². The van der Waals surface area contributed by atoms with Gasteiger partial charge in [0, 0.05) is 24.9 Å². The van der Waals surface area contributed by atoms with Gasteiger partial charge in [-0.1, -0.05) is 6.07 Å². The first-order chi connectivity index (χ1) is 7.16. The van der Waals surface area contributed by atoms with Gasteiger partial charge < -0.3 is 4.90 Å². The van der Waals surface area contributed by atoms with Gasteiger partial charge in [-0.15, -0.1) is 12.6 Å². The summed E-state index contributed by atoms with van der Waals surface area (Å²) in [6.45, 7) is 3.24. The van der Waals surface area contributed by atoms with E-state index in [1.54, 1.807) is 6.92 Å². The molecule has 0 saturated heterocycles. The molecule has 0 saturated carbocycles. The van der Waals surface area contributed by atoms with Crippen molar-refractivity contribution >= 4 is 18.5 Å². The Labute approximate surface area is 95.7 Å². The van der Waals surface area contributed by atoms with Gasteiger partial charge in [-0.2, -0.15) is 0 Å². The first-order valence-electron chi connectivity index (χ1n) is 5.23. The molecule has 0 N–H and O–H groups in total. The minimum atomic E-state index is 0.160. The second kappa shape index (κ2) is 4.27. The highest BCUT2D eigenvalue weighted by Crippen LogP contribution is 2.21. The van der Waals surface area contributed by atoms with Crippen molar-refractivity contribution in [2.45, 2.75) is 31.2 Å². The van der Waals surface area contributed by atoms with Crippen LogP contribution >= 0.6 is 12.6 Å². The lowest BCUT2D eigenvalue weighted by molar-refractivity contribution is -0.129. The summed E-state index contributed by atoms with van der Waals surface area (Å²) in [5, 5.41) is 0. The molecule has 1 aromatic carbocycles. The van der Waals surface area contributed by atoms with Crippen LogP contribution in [0.3, 0.4) is 0 Å². The van der Waals surface area contributed by atoms with Gasteiger partial charge in [0.1, 0.15) is 0 Å². The summed E-state index contributed by atoms with van der Waals surface area (Å²) in [5.41, 5.74) is 2.60. The highest BCUT2D eigenvalue weighted by atomic mass is 32.1. The van der Waals surface area contributed by atoms with Crippen LogP contribution in [0.1, 0.15) is 24.5 Å². The molecule has 80 valence electrons. The van der Waals surface area contributed by atoms with Gasteiger partial charge in [0.25, 0.3) is 0 Å². The highest BCUT2D eigenvalue weighted by Gasteiger charge is 2.15. The van der Waals surface area contributed by atoms with E-state index in [2.05, 4.69) is 24.8 Å². The van der Waals surface area contributed by atoms with Crippen molar-refractivity contribution < 1.29 is 4.79 Å². The number of amides is 1. The Hall–Kier alpha value is -0.960. The summed E-state index contributed by atoms with van der Waals surface area (Å²) in [7, 11) is 0. The van der Waals surface area contributed by atoms with Crippen LogP contribution in [-0.2, 0) is 17.8 Å². The van der Waals surface area contributed by atoms with Crippen LogP contribution in [0.15, 0.2) is 23.1 Å². The Kier molecular flexibility index (Phi) is 3.00. The quantitative estimate of drug-likeness (QED) is 0.666. The number of fused-ring (bicyclic) bond motifs is 1. The van der Waals surface area contributed by atoms with Crippen LogP contribution in [-0.4, -0.2) is 17.4 Å². The Bertz CT molecular complexity index is 389. The summed E-state index contributed by atoms with van der Waals surface area (Å²) in [6.07, 6.45) is 2.12. The normalized spacial score (nSPS) is 15.7. The third-order valence-corrected chi connectivity index (χ3v) is 3.15. The first kappa shape index (κ1) is 10.6. The number of hydrogen-bond donors (Lipinski definition) is 1. The van der Waals surface area contributed by atoms with Crippen molar-refractivity contribution in [1.29, 1.82) is 0 Å². The zero-order valence-electron chi connectivity index (χ0n) is 8.86. The number of aryl methyl sites for hydroxylation is 1. The third-order valence-electron chi connectivity index (χ3n) is 2.87. The summed E-state index contributed by atoms with van der Waals surface area (Å²) >= 11 is 4.33. The molecule has 3 heteroatoms. The molecule has 1 aromatic rings. The molecule has 1 heterocycles. The van der Waals surface area contributed by atoms with Crippen LogP contribution in [0.4, 0.5) is 0 Å². The third kappa shape index (κ3) is 2.34. The minimum absolute atomic E-state index is 0.160. The van der Waals surface area contributed by atoms with Crippen molar-refractivity contribution in [2.75, 3.05) is 6.54 Å². The van der Waals surface area contributed by atoms with E-state index in [4.69, 9.17) is 0 Å². The van der Waals surface area contributed by atoms with E-state index in [0.717, 1.165) is 30.8 Å². The van der Waals surface area contributed by atoms with Gasteiger partial charge >= 0.3 is 0 Å². The van der Waals surface area contributed by atoms with E-state index in [-0.39, 0.29) is 5.91 Å². The Morgan fingerprint density at radius 3 is 2.93 bits per heavy atom. The zero-order valence-corrected chi connectivity index (χ0v) is 9.76. The molecule has 1 amide bonds. The van der Waals surface area contributed by atoms with Crippen LogP contribution in [0.5, 0.6) is 0 Å². The number of nitrogens with zero attached hydrogens (tertiary/aromatic N) is 1. The number of carbonyl (C=O) groups is 1. The Morgan fingerprint density at radius 2 is 2.20 bits per heavy atom. The standard InChI is InChI=1S/C12H15NOS/c1-9(14)13-6-2-3-10-4-5-12(15)7-11(10)8-13/h4-5,7,15H,2-3,6,8H2,1H3. The van der Waals surface area contributed by atoms with Gasteiger partial charge in [-0.05, 0) is 36.1 Å². The lowest BCUT2D eigenvalue weighted by Gasteiger charge is -2.18. The van der Waals surface area contributed by atoms with E-state index in [1.807, 2.05) is 11.0 Å². The monoisotopic (exact) mass is 221 g/mol. The van der Waals surface area contributed by atoms with Crippen LogP contribution in [0.2, 0.25) is 0 Å². The molecule has 15 heavy (non-hydrogen) atoms. The number of rotatable bonds is 0. The lowest BCUT2D eigenvalue weighted by atomic mass is 10.0. The molecule has 1 aliphatic rings. The molecule has 0 unspecified atom stereocenters. The van der Waals surface area contributed by atoms with Crippen molar-refractivity contribution in [1.82, 2.24) is 4.90 Å². The fraction of sp³-hybridized carbons (Fsp3) is 0.417. The first-order valence-corrected chi connectivity index (χ1v) is 5.68. The minimum Gasteiger partial charge on any atom is -0.339 e. The second-order valence-corrected chi connectivity index (χ2v) is 4.51. The number of hydrogen-bond acceptors (Lipinski definition) is 2. The van der Waals surface area contributed by atoms with Gasteiger partial charge in [0.2, 0.25) is 5.91 Å². The van der Waals surface area contributed by atoms with Gasteiger partial charge in [-0.3, -0.25) is 4.79 Å². The molecule has 0 aromatic heterocycles. The number of thiol groups is 1. The van der Waals surface area contributed by atoms with Gasteiger partial charge in [-0.25, -0.2) is 0 Å². The molecule has 0 atom stereocenters. The topological polar surface area (TPSA) is 20.3 Å². The van der Waals surface area contributed by atoms with E-state index < -0.39 is 0 Å². The van der Waals surface area contributed by atoms with Gasteiger partial charge in [0.05, 0.1) is 0 Å². The van der Waals surface area contributed by atoms with E-state index in [0.29, 0.717) is 0 Å². The predicted octanol–water partition coefficient (Wildman–Crippen LogP) is 2.27. The van der Waals surface area contributed by atoms with Crippen molar-refractivity contribution in [3.8, 4) is 0 Å². The van der Waals surface area contributed by atoms with Crippen molar-refractivity contribution in [3.05, 3.63) is 29.3 Å². The number of carbonyl (C=O) groups excluding carboxylic acids is 1. The van der Waals surface area contributed by atoms with Crippen LogP contribution < -0.4 is 0 Å². The highest BCUT2D eigenvalue weighted by molar-refractivity contribution is 7.80. The molecule has 0 aliphatic carbocycles. The maximum atomic E-state index is 11.4. The summed E-state index contributed by atoms with van der Waals surface area (Å²) in [4.78, 5) is 14.2. The maximum Gasteiger partial charge on any atom is 0.219 e. The molecule has 0 radical (unpaired) electrons. The van der Waals surface area contributed by atoms with Gasteiger partial charge in [0.15, 0.2) is 0 Å². The molecule has 0 bridgehead atoms. The zero-order chi connectivity index (χ0) is 10.8. The van der Waals surface area contributed by atoms with Crippen LogP contribution in [0.25, 0.3) is 0 Å². The largest absolute Gasteiger partial charge is 0.339 e. The van der Waals surface area contributed by atoms with E-state index >= 15 is 0 Å². The summed E-state index contributed by atoms with van der Waals surface area (Å²) in [6, 6.07) is 6.21. The smallest absolute Gasteiger partial charge is 0.219 e. The average molecular weight is 221 g/mol. The van der Waals surface area contributed by atoms with Crippen molar-refractivity contribution in [3.63, 3.8) is 0 Å². The van der Waals surface area contributed by atoms with Crippen molar-refractivity contribution in [2.24, 2.45) is 0 Å². The predicted molar refractivity (Wildman–Crippen MR) is 63.1 cm³/mol. The second-order valence-electron chi connectivity index (χ2n) is 4.00. The fourth-order valence-electron chi connectivity index (χ4n) is 2.02. The summed E-state index contributed by atoms with van der Waals surface area (Å²) in [5.74, 6) is 0.160. The SMILES string of the molecule is CC(=O)N1CCCc2ccc(S)cc2C1. The molecule has 0 spiro atoms. The van der Waals surface area contributed by atoms with E-state index in [1.165, 1.54) is 11.1 Å². The summed E-state index contributed by atoms with van der Waals surface area (Å²) < 4.78 is 0. The lowest BCUT2D eigenvalue weighted by Crippen LogP contribution is -2.28. The molecular formula is C12H15NOS. The van der Waals surface area contributed by atoms with E-state index in [9.17, 15) is 4.79 Å². The Balaban J connectivity index is 2.31. The molecule has 0 fully saturated rings. The molecule has 2 rings (SSSR count). The molecule has 1 aliphatic heterocycles. The fourth-order valence-corrected chi connectivity index (χ4v) is 2.25. The average Bonchev–Trinajstić information content (AvgIpc) is 2.39. The number of benzene rings is 1.